The van der Waals surface area contributed by atoms with Crippen LogP contribution in [0, 0.1) is 0 Å². The highest BCUT2D eigenvalue weighted by Crippen LogP contribution is 2.28. The van der Waals surface area contributed by atoms with Crippen molar-refractivity contribution in [2.45, 2.75) is 109 Å². The van der Waals surface area contributed by atoms with Gasteiger partial charge in [-0.25, -0.2) is 0 Å². The van der Waals surface area contributed by atoms with E-state index >= 15 is 0 Å². The van der Waals surface area contributed by atoms with E-state index in [2.05, 4.69) is 19.1 Å². The van der Waals surface area contributed by atoms with Gasteiger partial charge in [0.2, 0.25) is 0 Å². The SMILES string of the molecule is CCCCCCCCCCCCC=CC1OC1CCCC(=O)O. The average Bonchev–Trinajstić information content (AvgIpc) is 3.26. The van der Waals surface area contributed by atoms with Gasteiger partial charge in [0.05, 0.1) is 6.10 Å². The van der Waals surface area contributed by atoms with Gasteiger partial charge in [-0.3, -0.25) is 4.79 Å². The molecule has 0 aromatic heterocycles. The number of unbranched alkanes of at least 4 members (excludes halogenated alkanes) is 10. The van der Waals surface area contributed by atoms with Crippen LogP contribution in [0.2, 0.25) is 0 Å². The molecule has 1 rings (SSSR count). The van der Waals surface area contributed by atoms with Crippen LogP contribution in [-0.4, -0.2) is 23.3 Å². The van der Waals surface area contributed by atoms with Crippen molar-refractivity contribution in [3.63, 3.8) is 0 Å². The molecule has 0 aromatic rings. The van der Waals surface area contributed by atoms with Gasteiger partial charge < -0.3 is 9.84 Å². The molecule has 0 radical (unpaired) electrons. The zero-order valence-corrected chi connectivity index (χ0v) is 15.0. The zero-order valence-electron chi connectivity index (χ0n) is 15.0. The van der Waals surface area contributed by atoms with Crippen LogP contribution >= 0.6 is 0 Å². The van der Waals surface area contributed by atoms with E-state index in [1.807, 2.05) is 0 Å². The van der Waals surface area contributed by atoms with Crippen molar-refractivity contribution in [1.29, 1.82) is 0 Å². The van der Waals surface area contributed by atoms with Crippen LogP contribution in [0.5, 0.6) is 0 Å². The lowest BCUT2D eigenvalue weighted by molar-refractivity contribution is -0.137. The second-order valence-electron chi connectivity index (χ2n) is 6.82. The molecule has 1 aliphatic heterocycles. The van der Waals surface area contributed by atoms with E-state index in [0.717, 1.165) is 19.3 Å². The van der Waals surface area contributed by atoms with Crippen molar-refractivity contribution >= 4 is 5.97 Å². The number of allylic oxidation sites excluding steroid dienone is 1. The molecule has 2 unspecified atom stereocenters. The maximum absolute atomic E-state index is 10.4. The lowest BCUT2D eigenvalue weighted by Crippen LogP contribution is -1.97. The smallest absolute Gasteiger partial charge is 0.303 e. The molecule has 0 amide bonds. The topological polar surface area (TPSA) is 49.8 Å². The van der Waals surface area contributed by atoms with Crippen molar-refractivity contribution in [3.05, 3.63) is 12.2 Å². The number of rotatable bonds is 16. The number of hydrogen-bond donors (Lipinski definition) is 1. The standard InChI is InChI=1S/C20H36O3/c1-2-3-4-5-6-7-8-9-10-11-12-13-15-18-19(23-18)16-14-17-20(21)22/h13,15,18-19H,2-12,14,16-17H2,1H3,(H,21,22). The first-order valence-electron chi connectivity index (χ1n) is 9.78. The van der Waals surface area contributed by atoms with Gasteiger partial charge in [0.1, 0.15) is 6.10 Å². The Hall–Kier alpha value is -0.830. The highest BCUT2D eigenvalue weighted by Gasteiger charge is 2.35. The van der Waals surface area contributed by atoms with Crippen molar-refractivity contribution in [2.75, 3.05) is 0 Å². The molecule has 0 spiro atoms. The van der Waals surface area contributed by atoms with Gasteiger partial charge in [0, 0.05) is 6.42 Å². The van der Waals surface area contributed by atoms with Crippen LogP contribution in [0.1, 0.15) is 96.8 Å². The Morgan fingerprint density at radius 3 is 2.17 bits per heavy atom. The fourth-order valence-electron chi connectivity index (χ4n) is 2.99. The Morgan fingerprint density at radius 1 is 0.957 bits per heavy atom. The fraction of sp³-hybridized carbons (Fsp3) is 0.850. The molecule has 1 aliphatic rings. The van der Waals surface area contributed by atoms with Crippen molar-refractivity contribution in [2.24, 2.45) is 0 Å². The summed E-state index contributed by atoms with van der Waals surface area (Å²) in [5.74, 6) is -0.710. The summed E-state index contributed by atoms with van der Waals surface area (Å²) in [6, 6.07) is 0. The second kappa shape index (κ2) is 13.6. The number of ether oxygens (including phenoxy) is 1. The van der Waals surface area contributed by atoms with E-state index in [0.29, 0.717) is 0 Å². The minimum absolute atomic E-state index is 0.256. The maximum atomic E-state index is 10.4. The number of carboxylic acid groups (broad SMARTS) is 1. The van der Waals surface area contributed by atoms with Gasteiger partial charge in [-0.1, -0.05) is 76.9 Å². The number of hydrogen-bond acceptors (Lipinski definition) is 2. The number of carboxylic acids is 1. The molecular formula is C20H36O3. The average molecular weight is 325 g/mol. The first-order valence-corrected chi connectivity index (χ1v) is 9.78. The van der Waals surface area contributed by atoms with Crippen LogP contribution in [-0.2, 0) is 9.53 Å². The molecule has 23 heavy (non-hydrogen) atoms. The zero-order chi connectivity index (χ0) is 16.8. The summed E-state index contributed by atoms with van der Waals surface area (Å²) < 4.78 is 5.52. The minimum atomic E-state index is -0.710. The molecule has 1 fully saturated rings. The summed E-state index contributed by atoms with van der Waals surface area (Å²) in [4.78, 5) is 10.4. The van der Waals surface area contributed by atoms with Gasteiger partial charge in [-0.05, 0) is 25.7 Å². The quantitative estimate of drug-likeness (QED) is 0.219. The number of epoxide rings is 1. The predicted molar refractivity (Wildman–Crippen MR) is 95.7 cm³/mol. The van der Waals surface area contributed by atoms with Crippen molar-refractivity contribution < 1.29 is 14.6 Å². The minimum Gasteiger partial charge on any atom is -0.481 e. The molecule has 2 atom stereocenters. The summed E-state index contributed by atoms with van der Waals surface area (Å²) >= 11 is 0. The van der Waals surface area contributed by atoms with E-state index in [9.17, 15) is 4.79 Å². The second-order valence-corrected chi connectivity index (χ2v) is 6.82. The molecule has 1 N–H and O–H groups in total. The van der Waals surface area contributed by atoms with E-state index in [1.54, 1.807) is 0 Å². The van der Waals surface area contributed by atoms with E-state index in [1.165, 1.54) is 64.2 Å². The van der Waals surface area contributed by atoms with Gasteiger partial charge >= 0.3 is 5.97 Å². The molecule has 0 bridgehead atoms. The molecule has 3 nitrogen and oxygen atoms in total. The summed E-state index contributed by atoms with van der Waals surface area (Å²) in [5, 5.41) is 8.58. The molecular weight excluding hydrogens is 288 g/mol. The lowest BCUT2D eigenvalue weighted by atomic mass is 10.1. The third-order valence-corrected chi connectivity index (χ3v) is 4.55. The Labute approximate surface area is 142 Å². The number of carbonyl (C=O) groups is 1. The Balaban J connectivity index is 1.79. The first kappa shape index (κ1) is 20.2. The largest absolute Gasteiger partial charge is 0.481 e. The fourth-order valence-corrected chi connectivity index (χ4v) is 2.99. The van der Waals surface area contributed by atoms with E-state index < -0.39 is 5.97 Å². The molecule has 1 heterocycles. The highest BCUT2D eigenvalue weighted by atomic mass is 16.6. The van der Waals surface area contributed by atoms with Gasteiger partial charge in [-0.15, -0.1) is 0 Å². The lowest BCUT2D eigenvalue weighted by Gasteiger charge is -2.01. The molecule has 0 saturated carbocycles. The summed E-state index contributed by atoms with van der Waals surface area (Å²) in [6.45, 7) is 2.27. The molecule has 3 heteroatoms. The van der Waals surface area contributed by atoms with Crippen LogP contribution in [0.25, 0.3) is 0 Å². The number of aliphatic carboxylic acids is 1. The van der Waals surface area contributed by atoms with Crippen LogP contribution in [0.4, 0.5) is 0 Å². The Bertz CT molecular complexity index is 325. The molecule has 134 valence electrons. The normalized spacial score (nSPS) is 20.2. The highest BCUT2D eigenvalue weighted by molar-refractivity contribution is 5.66. The van der Waals surface area contributed by atoms with Crippen LogP contribution in [0.15, 0.2) is 12.2 Å². The first-order chi connectivity index (χ1) is 11.2. The maximum Gasteiger partial charge on any atom is 0.303 e. The molecule has 0 aromatic carbocycles. The summed E-state index contributed by atoms with van der Waals surface area (Å²) in [5.41, 5.74) is 0. The van der Waals surface area contributed by atoms with Crippen LogP contribution in [0.3, 0.4) is 0 Å². The van der Waals surface area contributed by atoms with Crippen LogP contribution < -0.4 is 0 Å². The Morgan fingerprint density at radius 2 is 1.57 bits per heavy atom. The van der Waals surface area contributed by atoms with Crippen molar-refractivity contribution in [1.82, 2.24) is 0 Å². The monoisotopic (exact) mass is 324 g/mol. The summed E-state index contributed by atoms with van der Waals surface area (Å²) in [6.07, 6.45) is 21.7. The molecule has 1 saturated heterocycles. The van der Waals surface area contributed by atoms with E-state index in [-0.39, 0.29) is 18.6 Å². The van der Waals surface area contributed by atoms with E-state index in [4.69, 9.17) is 9.84 Å². The molecule has 0 aliphatic carbocycles. The van der Waals surface area contributed by atoms with Crippen molar-refractivity contribution in [3.8, 4) is 0 Å². The third kappa shape index (κ3) is 12.3. The Kier molecular flexibility index (Phi) is 11.9. The van der Waals surface area contributed by atoms with Gasteiger partial charge in [0.25, 0.3) is 0 Å². The predicted octanol–water partition coefficient (Wildman–Crippen LogP) is 5.88. The van der Waals surface area contributed by atoms with Gasteiger partial charge in [0.15, 0.2) is 0 Å². The summed E-state index contributed by atoms with van der Waals surface area (Å²) in [7, 11) is 0. The van der Waals surface area contributed by atoms with Gasteiger partial charge in [-0.2, -0.15) is 0 Å². The third-order valence-electron chi connectivity index (χ3n) is 4.55.